The molecule has 0 rings (SSSR count). The lowest BCUT2D eigenvalue weighted by Gasteiger charge is -2.09. The maximum absolute atomic E-state index is 5.35. The molecule has 0 amide bonds. The maximum atomic E-state index is 5.35. The Morgan fingerprint density at radius 2 is 2.27 bits per heavy atom. The topological polar surface area (TPSA) is 18.5 Å². The van der Waals surface area contributed by atoms with Crippen molar-refractivity contribution in [1.82, 2.24) is 0 Å². The second kappa shape index (κ2) is 8.58. The van der Waals surface area contributed by atoms with Gasteiger partial charge in [-0.25, -0.2) is 0 Å². The number of thiol groups is 1. The fourth-order valence-electron chi connectivity index (χ4n) is 0.708. The molecule has 0 aromatic heterocycles. The highest BCUT2D eigenvalue weighted by molar-refractivity contribution is 7.80. The molecule has 1 atom stereocenters. The molecule has 0 aliphatic heterocycles. The first-order valence-corrected chi connectivity index (χ1v) is 6.69. The second-order valence-electron chi connectivity index (χ2n) is 2.46. The van der Waals surface area contributed by atoms with Crippen molar-refractivity contribution < 1.29 is 9.47 Å². The van der Waals surface area contributed by atoms with Crippen molar-refractivity contribution in [2.24, 2.45) is 0 Å². The third-order valence-electron chi connectivity index (χ3n) is 1.49. The first kappa shape index (κ1) is 11.5. The Hall–Kier alpha value is 0.487. The first-order chi connectivity index (χ1) is 5.31. The van der Waals surface area contributed by atoms with E-state index in [1.165, 1.54) is 12.5 Å². The predicted molar refractivity (Wildman–Crippen MR) is 54.2 cm³/mol. The van der Waals surface area contributed by atoms with Crippen molar-refractivity contribution in [3.63, 3.8) is 0 Å². The summed E-state index contributed by atoms with van der Waals surface area (Å²) in [5.41, 5.74) is 0. The summed E-state index contributed by atoms with van der Waals surface area (Å²) in [5.74, 6) is 1.01. The Balaban J connectivity index is 2.89. The fourth-order valence-corrected chi connectivity index (χ4v) is 2.66. The van der Waals surface area contributed by atoms with E-state index < -0.39 is 0 Å². The number of ether oxygens (including phenoxy) is 2. The molecule has 68 valence electrons. The zero-order chi connectivity index (χ0) is 8.53. The maximum Gasteiger partial charge on any atom is 0.153 e. The van der Waals surface area contributed by atoms with Crippen LogP contribution in [0, 0.1) is 0 Å². The number of hydrogen-bond donors (Lipinski definition) is 1. The predicted octanol–water partition coefficient (Wildman–Crippen LogP) is 0.860. The summed E-state index contributed by atoms with van der Waals surface area (Å²) in [4.78, 5) is 0. The van der Waals surface area contributed by atoms with Gasteiger partial charge in [0.05, 0.1) is 9.52 Å². The smallest absolute Gasteiger partial charge is 0.153 e. The van der Waals surface area contributed by atoms with Gasteiger partial charge in [-0.15, -0.1) is 0 Å². The van der Waals surface area contributed by atoms with Crippen LogP contribution in [0.1, 0.15) is 13.3 Å². The van der Waals surface area contributed by atoms with E-state index in [9.17, 15) is 0 Å². The third-order valence-corrected chi connectivity index (χ3v) is 3.33. The lowest BCUT2D eigenvalue weighted by Crippen LogP contribution is -2.14. The zero-order valence-electron chi connectivity index (χ0n) is 7.38. The first-order valence-electron chi connectivity index (χ1n) is 4.06. The normalized spacial score (nSPS) is 14.5. The van der Waals surface area contributed by atoms with Crippen LogP contribution in [0.25, 0.3) is 0 Å². The highest BCUT2D eigenvalue weighted by atomic mass is 32.1. The van der Waals surface area contributed by atoms with Crippen LogP contribution in [0.5, 0.6) is 0 Å². The summed E-state index contributed by atoms with van der Waals surface area (Å²) in [6, 6.07) is 1.33. The lowest BCUT2D eigenvalue weighted by molar-refractivity contribution is -0.0959. The van der Waals surface area contributed by atoms with Gasteiger partial charge in [-0.05, 0) is 19.1 Å². The summed E-state index contributed by atoms with van der Waals surface area (Å²) in [5, 5.41) is 0. The Labute approximate surface area is 76.9 Å². The van der Waals surface area contributed by atoms with E-state index in [1.54, 1.807) is 7.11 Å². The van der Waals surface area contributed by atoms with E-state index in [4.69, 9.17) is 9.47 Å². The average Bonchev–Trinajstić information content (AvgIpc) is 2.04. The van der Waals surface area contributed by atoms with E-state index in [0.717, 1.165) is 12.0 Å². The minimum atomic E-state index is -0.0292. The van der Waals surface area contributed by atoms with Gasteiger partial charge < -0.3 is 9.47 Å². The molecule has 0 spiro atoms. The van der Waals surface area contributed by atoms with Gasteiger partial charge in [0.2, 0.25) is 0 Å². The molecule has 1 unspecified atom stereocenters. The molecule has 2 nitrogen and oxygen atoms in total. The molecule has 0 aliphatic carbocycles. The van der Waals surface area contributed by atoms with Crippen molar-refractivity contribution in [2.45, 2.75) is 25.7 Å². The highest BCUT2D eigenvalue weighted by Gasteiger charge is 1.97. The van der Waals surface area contributed by atoms with E-state index in [0.29, 0.717) is 0 Å². The van der Waals surface area contributed by atoms with Crippen LogP contribution in [0.15, 0.2) is 0 Å². The molecule has 0 saturated carbocycles. The Kier molecular flexibility index (Phi) is 8.96. The van der Waals surface area contributed by atoms with Gasteiger partial charge in [0, 0.05) is 13.3 Å². The van der Waals surface area contributed by atoms with Crippen LogP contribution in [0.4, 0.5) is 0 Å². The SMILES string of the molecule is COC(C)OC[SiH2]CCCS. The Morgan fingerprint density at radius 3 is 2.82 bits per heavy atom. The molecule has 0 aromatic carbocycles. The average molecular weight is 194 g/mol. The van der Waals surface area contributed by atoms with Gasteiger partial charge in [-0.2, -0.15) is 12.6 Å². The number of hydrogen-bond acceptors (Lipinski definition) is 3. The van der Waals surface area contributed by atoms with Crippen molar-refractivity contribution in [2.75, 3.05) is 19.1 Å². The molecule has 0 fully saturated rings. The Morgan fingerprint density at radius 1 is 1.55 bits per heavy atom. The quantitative estimate of drug-likeness (QED) is 0.280. The van der Waals surface area contributed by atoms with Crippen molar-refractivity contribution in [3.8, 4) is 0 Å². The molecule has 0 saturated heterocycles. The molecular formula is C7H18O2SSi. The second-order valence-corrected chi connectivity index (χ2v) is 4.73. The number of methoxy groups -OCH3 is 1. The van der Waals surface area contributed by atoms with E-state index in [1.807, 2.05) is 6.92 Å². The highest BCUT2D eigenvalue weighted by Crippen LogP contribution is 1.93. The molecule has 4 heteroatoms. The van der Waals surface area contributed by atoms with Gasteiger partial charge in [0.25, 0.3) is 0 Å². The van der Waals surface area contributed by atoms with E-state index >= 15 is 0 Å². The van der Waals surface area contributed by atoms with Crippen LogP contribution in [0.2, 0.25) is 6.04 Å². The third kappa shape index (κ3) is 8.39. The molecule has 0 N–H and O–H groups in total. The van der Waals surface area contributed by atoms with Crippen LogP contribution in [0.3, 0.4) is 0 Å². The lowest BCUT2D eigenvalue weighted by atomic mass is 10.6. The van der Waals surface area contributed by atoms with Crippen LogP contribution in [-0.2, 0) is 9.47 Å². The molecule has 0 aromatic rings. The molecule has 11 heavy (non-hydrogen) atoms. The van der Waals surface area contributed by atoms with Crippen molar-refractivity contribution in [1.29, 1.82) is 0 Å². The summed E-state index contributed by atoms with van der Waals surface area (Å²) in [6.45, 7) is 1.92. The number of rotatable bonds is 7. The van der Waals surface area contributed by atoms with Gasteiger partial charge in [-0.1, -0.05) is 6.04 Å². The molecule has 0 bridgehead atoms. The monoisotopic (exact) mass is 194 g/mol. The van der Waals surface area contributed by atoms with Crippen LogP contribution >= 0.6 is 12.6 Å². The minimum absolute atomic E-state index is 0.00292. The van der Waals surface area contributed by atoms with Gasteiger partial charge in [0.15, 0.2) is 6.29 Å². The summed E-state index contributed by atoms with van der Waals surface area (Å²) >= 11 is 4.14. The molecule has 0 aliphatic rings. The van der Waals surface area contributed by atoms with E-state index in [-0.39, 0.29) is 15.8 Å². The molecule has 0 heterocycles. The van der Waals surface area contributed by atoms with Gasteiger partial charge in [-0.3, -0.25) is 0 Å². The summed E-state index contributed by atoms with van der Waals surface area (Å²) in [6.07, 6.45) is 2.14. The van der Waals surface area contributed by atoms with Crippen LogP contribution < -0.4 is 0 Å². The largest absolute Gasteiger partial charge is 0.357 e. The van der Waals surface area contributed by atoms with Crippen molar-refractivity contribution in [3.05, 3.63) is 0 Å². The van der Waals surface area contributed by atoms with Crippen LogP contribution in [-0.4, -0.2) is 34.9 Å². The minimum Gasteiger partial charge on any atom is -0.357 e. The van der Waals surface area contributed by atoms with E-state index in [2.05, 4.69) is 12.6 Å². The van der Waals surface area contributed by atoms with Gasteiger partial charge >= 0.3 is 0 Å². The Bertz CT molecular complexity index is 82.8. The van der Waals surface area contributed by atoms with Crippen molar-refractivity contribution >= 4 is 22.1 Å². The summed E-state index contributed by atoms with van der Waals surface area (Å²) < 4.78 is 10.3. The molecule has 0 radical (unpaired) electrons. The standard InChI is InChI=1S/C7H18O2SSi/c1-7(8-2)9-6-11-5-3-4-10/h7,10H,3-6,11H2,1-2H3. The fraction of sp³-hybridized carbons (Fsp3) is 1.00. The summed E-state index contributed by atoms with van der Waals surface area (Å²) in [7, 11) is 1.66. The van der Waals surface area contributed by atoms with Gasteiger partial charge in [0.1, 0.15) is 0 Å². The molecular weight excluding hydrogens is 176 g/mol. The zero-order valence-corrected chi connectivity index (χ0v) is 9.69.